The minimum atomic E-state index is -4.85. The zero-order valence-electron chi connectivity index (χ0n) is 38.8. The van der Waals surface area contributed by atoms with Crippen molar-refractivity contribution in [3.8, 4) is 0 Å². The summed E-state index contributed by atoms with van der Waals surface area (Å²) in [7, 11) is 6.28. The first-order valence-electron chi connectivity index (χ1n) is 20.6. The maximum atomic E-state index is 13.0. The van der Waals surface area contributed by atoms with Crippen molar-refractivity contribution in [3.05, 3.63) is 179 Å². The molecule has 0 saturated carbocycles. The predicted molar refractivity (Wildman–Crippen MR) is 234 cm³/mol. The molecule has 0 fully saturated rings. The molecule has 0 saturated heterocycles. The molecule has 0 aliphatic heterocycles. The Labute approximate surface area is 406 Å². The van der Waals surface area contributed by atoms with Gasteiger partial charge in [0.05, 0.1) is 75.7 Å². The molecule has 6 aromatic rings. The Hall–Kier alpha value is -6.12. The number of benzene rings is 6. The first-order valence-corrected chi connectivity index (χ1v) is 20.6. The number of quaternary nitrogens is 3. The molecular weight excluding hydrogens is 1020 g/mol. The minimum Gasteiger partial charge on any atom is -0.907 e. The van der Waals surface area contributed by atoms with E-state index >= 15 is 0 Å². The lowest BCUT2D eigenvalue weighted by molar-refractivity contribution is -0.479. The number of para-hydroxylation sites is 3. The highest BCUT2D eigenvalue weighted by Gasteiger charge is 2.42. The first-order chi connectivity index (χ1) is 33.0. The molecule has 0 unspecified atom stereocenters. The van der Waals surface area contributed by atoms with Crippen LogP contribution in [-0.4, -0.2) is 49.6 Å². The van der Waals surface area contributed by atoms with E-state index in [2.05, 4.69) is 0 Å². The molecule has 0 aliphatic rings. The fraction of sp³-hybridized carbons (Fsp3) is 0.250. The van der Waals surface area contributed by atoms with Crippen LogP contribution in [0.2, 0.25) is 0 Å². The van der Waals surface area contributed by atoms with Gasteiger partial charge in [-0.05, 0) is 54.6 Å². The zero-order valence-corrected chi connectivity index (χ0v) is 38.8. The van der Waals surface area contributed by atoms with Gasteiger partial charge in [-0.25, -0.2) is 0 Å². The Bertz CT molecular complexity index is 2330. The van der Waals surface area contributed by atoms with Crippen molar-refractivity contribution in [1.82, 2.24) is 13.4 Å². The van der Waals surface area contributed by atoms with E-state index in [1.165, 1.54) is 42.3 Å². The Morgan fingerprint density at radius 2 is 0.397 bits per heavy atom. The minimum absolute atomic E-state index is 0.0987. The molecule has 0 spiro atoms. The maximum Gasteiger partial charge on any atom is 0.416 e. The lowest BCUT2D eigenvalue weighted by Gasteiger charge is -2.35. The molecule has 0 amide bonds. The summed E-state index contributed by atoms with van der Waals surface area (Å²) < 4.78 is 232. The summed E-state index contributed by atoms with van der Waals surface area (Å²) in [6.07, 6.45) is -29.1. The second kappa shape index (κ2) is 22.6. The number of rotatable bonds is 6. The Morgan fingerprint density at radius 1 is 0.260 bits per heavy atom. The van der Waals surface area contributed by atoms with Gasteiger partial charge in [0, 0.05) is 36.4 Å². The monoisotopic (exact) mass is 1060 g/mol. The standard InChI is InChI=1S/3C16H14F6N.BO3/c3*1-23(2,13-6-4-3-5-7-13)14-9-11(15(17,18)19)8-12(10-14)16(20,21)22;2-1(3)4/h3*3-10H,1-2H3;/q3*+1;-3. The quantitative estimate of drug-likeness (QED) is 0.0948. The molecule has 396 valence electrons. The molecule has 0 atom stereocenters. The lowest BCUT2D eigenvalue weighted by atomic mass is 10.1. The number of halogens is 18. The van der Waals surface area contributed by atoms with Crippen LogP contribution in [-0.2, 0) is 37.1 Å². The van der Waals surface area contributed by atoms with Crippen molar-refractivity contribution in [1.29, 1.82) is 0 Å². The van der Waals surface area contributed by atoms with Gasteiger partial charge in [0.1, 0.15) is 34.1 Å². The second-order valence-corrected chi connectivity index (χ2v) is 16.9. The van der Waals surface area contributed by atoms with Gasteiger partial charge in [-0.15, -0.1) is 0 Å². The van der Waals surface area contributed by atoms with E-state index in [9.17, 15) is 79.0 Å². The molecular formula is C48H42BF18N3O3. The molecule has 0 bridgehead atoms. The summed E-state index contributed by atoms with van der Waals surface area (Å²) in [4.78, 5) is 0. The fourth-order valence-corrected chi connectivity index (χ4v) is 6.63. The van der Waals surface area contributed by atoms with Crippen LogP contribution in [0.5, 0.6) is 0 Å². The molecule has 0 N–H and O–H groups in total. The van der Waals surface area contributed by atoms with Crippen LogP contribution in [0.1, 0.15) is 33.4 Å². The summed E-state index contributed by atoms with van der Waals surface area (Å²) in [5.41, 5.74) is -6.48. The summed E-state index contributed by atoms with van der Waals surface area (Å²) >= 11 is 0. The van der Waals surface area contributed by atoms with Crippen LogP contribution in [0, 0.1) is 0 Å². The average molecular weight is 1060 g/mol. The molecule has 73 heavy (non-hydrogen) atoms. The van der Waals surface area contributed by atoms with Crippen LogP contribution in [0.4, 0.5) is 113 Å². The van der Waals surface area contributed by atoms with Gasteiger partial charge in [-0.2, -0.15) is 79.0 Å². The first kappa shape index (κ1) is 61.2. The van der Waals surface area contributed by atoms with E-state index in [1.54, 1.807) is 91.0 Å². The average Bonchev–Trinajstić information content (AvgIpc) is 3.28. The predicted octanol–water partition coefficient (Wildman–Crippen LogP) is 12.9. The van der Waals surface area contributed by atoms with Gasteiger partial charge in [-0.1, -0.05) is 54.6 Å². The number of hydrogen-bond donors (Lipinski definition) is 0. The van der Waals surface area contributed by atoms with Gasteiger partial charge in [0.2, 0.25) is 0 Å². The Balaban J connectivity index is 0.000000278. The van der Waals surface area contributed by atoms with Crippen LogP contribution in [0.3, 0.4) is 0 Å². The van der Waals surface area contributed by atoms with Crippen molar-refractivity contribution < 1.29 is 94.1 Å². The Morgan fingerprint density at radius 3 is 0.521 bits per heavy atom. The zero-order chi connectivity index (χ0) is 56.0. The number of hydrogen-bond acceptors (Lipinski definition) is 3. The molecule has 0 radical (unpaired) electrons. The smallest absolute Gasteiger partial charge is 0.416 e. The highest BCUT2D eigenvalue weighted by atomic mass is 19.4. The highest BCUT2D eigenvalue weighted by molar-refractivity contribution is 6.24. The van der Waals surface area contributed by atoms with Crippen molar-refractivity contribution in [2.24, 2.45) is 0 Å². The molecule has 0 aliphatic carbocycles. The van der Waals surface area contributed by atoms with E-state index in [4.69, 9.17) is 15.1 Å². The van der Waals surface area contributed by atoms with Crippen molar-refractivity contribution in [2.75, 3.05) is 42.3 Å². The van der Waals surface area contributed by atoms with Crippen LogP contribution in [0.15, 0.2) is 146 Å². The second-order valence-electron chi connectivity index (χ2n) is 16.9. The fourth-order valence-electron chi connectivity index (χ4n) is 6.63. The third kappa shape index (κ3) is 17.0. The van der Waals surface area contributed by atoms with Crippen molar-refractivity contribution in [2.45, 2.75) is 37.1 Å². The van der Waals surface area contributed by atoms with E-state index in [0.29, 0.717) is 17.1 Å². The molecule has 6 aromatic carbocycles. The lowest BCUT2D eigenvalue weighted by Crippen LogP contribution is -2.56. The van der Waals surface area contributed by atoms with E-state index in [-0.39, 0.29) is 48.7 Å². The van der Waals surface area contributed by atoms with Gasteiger partial charge in [-0.3, -0.25) is 20.8 Å². The molecule has 25 heteroatoms. The maximum absolute atomic E-state index is 13.0. The number of nitrogens with zero attached hydrogens (tertiary/aromatic N) is 3. The summed E-state index contributed by atoms with van der Waals surface area (Å²) in [5, 5.41) is 25.2. The van der Waals surface area contributed by atoms with Crippen molar-refractivity contribution in [3.63, 3.8) is 0 Å². The molecule has 6 nitrogen and oxygen atoms in total. The topological polar surface area (TPSA) is 69.2 Å². The van der Waals surface area contributed by atoms with Gasteiger partial charge in [0.25, 0.3) is 0 Å². The van der Waals surface area contributed by atoms with Crippen LogP contribution >= 0.6 is 0 Å². The summed E-state index contributed by atoms with van der Waals surface area (Å²) in [5.74, 6) is 0. The normalized spacial score (nSPS) is 12.9. The third-order valence-corrected chi connectivity index (χ3v) is 10.9. The molecule has 0 heterocycles. The summed E-state index contributed by atoms with van der Waals surface area (Å²) in [6, 6.07) is 30.0. The molecule has 0 aromatic heterocycles. The van der Waals surface area contributed by atoms with Gasteiger partial charge in [0.15, 0.2) is 0 Å². The SMILES string of the molecule is C[N+](C)(c1ccccc1)c1cc(C(F)(F)F)cc(C(F)(F)F)c1.C[N+](C)(c1ccccc1)c1cc(C(F)(F)F)cc(C(F)(F)F)c1.C[N+](C)(c1ccccc1)c1cc(C(F)(F)F)cc(C(F)(F)F)c1.[O-]B([O-])[O-]. The summed E-state index contributed by atoms with van der Waals surface area (Å²) in [6.45, 7) is 0. The Kier molecular flexibility index (Phi) is 18.9. The highest BCUT2D eigenvalue weighted by Crippen LogP contribution is 2.45. The van der Waals surface area contributed by atoms with Crippen LogP contribution < -0.4 is 28.5 Å². The van der Waals surface area contributed by atoms with E-state index in [0.717, 1.165) is 36.4 Å². The van der Waals surface area contributed by atoms with E-state index in [1.807, 2.05) is 0 Å². The van der Waals surface area contributed by atoms with Gasteiger partial charge >= 0.3 is 37.1 Å². The van der Waals surface area contributed by atoms with Crippen LogP contribution in [0.25, 0.3) is 0 Å². The van der Waals surface area contributed by atoms with E-state index < -0.39 is 77.8 Å². The van der Waals surface area contributed by atoms with Crippen molar-refractivity contribution >= 4 is 41.4 Å². The number of alkyl halides is 18. The third-order valence-electron chi connectivity index (χ3n) is 10.9. The largest absolute Gasteiger partial charge is 0.907 e. The molecule has 6 rings (SSSR count). The van der Waals surface area contributed by atoms with Gasteiger partial charge < -0.3 is 15.1 Å².